The second kappa shape index (κ2) is 8.86. The summed E-state index contributed by atoms with van der Waals surface area (Å²) in [6, 6.07) is 0.521. The van der Waals surface area contributed by atoms with Crippen LogP contribution in [0.5, 0.6) is 0 Å². The molecule has 4 nitrogen and oxygen atoms in total. The number of aliphatic hydroxyl groups is 1. The highest BCUT2D eigenvalue weighted by Gasteiger charge is 2.21. The lowest BCUT2D eigenvalue weighted by Crippen LogP contribution is -2.44. The summed E-state index contributed by atoms with van der Waals surface area (Å²) in [5, 5.41) is 9.24. The van der Waals surface area contributed by atoms with Crippen molar-refractivity contribution >= 4 is 0 Å². The van der Waals surface area contributed by atoms with Gasteiger partial charge in [-0.05, 0) is 39.7 Å². The van der Waals surface area contributed by atoms with Crippen LogP contribution in [0.15, 0.2) is 0 Å². The van der Waals surface area contributed by atoms with Crippen LogP contribution in [0.1, 0.15) is 40.0 Å². The van der Waals surface area contributed by atoms with E-state index < -0.39 is 5.54 Å². The minimum atomic E-state index is -0.399. The van der Waals surface area contributed by atoms with Gasteiger partial charge < -0.3 is 15.6 Å². The molecule has 0 amide bonds. The van der Waals surface area contributed by atoms with Crippen LogP contribution < -0.4 is 5.73 Å². The van der Waals surface area contributed by atoms with Crippen molar-refractivity contribution in [3.8, 4) is 0 Å². The van der Waals surface area contributed by atoms with Gasteiger partial charge in [0.15, 0.2) is 0 Å². The molecule has 0 fully saturated rings. The Morgan fingerprint density at radius 1 is 1.35 bits per heavy atom. The van der Waals surface area contributed by atoms with Gasteiger partial charge >= 0.3 is 0 Å². The smallest absolute Gasteiger partial charge is 0.0611 e. The molecule has 0 saturated heterocycles. The van der Waals surface area contributed by atoms with Crippen molar-refractivity contribution in [2.24, 2.45) is 5.73 Å². The van der Waals surface area contributed by atoms with E-state index in [2.05, 4.69) is 18.7 Å². The van der Waals surface area contributed by atoms with Crippen LogP contribution in [0.4, 0.5) is 0 Å². The third-order valence-electron chi connectivity index (χ3n) is 3.45. The monoisotopic (exact) mass is 246 g/mol. The molecule has 4 heteroatoms. The molecule has 0 bridgehead atoms. The van der Waals surface area contributed by atoms with E-state index in [4.69, 9.17) is 10.5 Å². The standard InChI is InChI=1S/C13H30N2O2/c1-5-13(14,11-16)7-6-8-15(12(2)3)9-10-17-4/h12,16H,5-11,14H2,1-4H3. The molecule has 0 aromatic carbocycles. The molecule has 0 spiro atoms. The first-order valence-electron chi connectivity index (χ1n) is 6.61. The lowest BCUT2D eigenvalue weighted by Gasteiger charge is -2.29. The van der Waals surface area contributed by atoms with E-state index in [1.165, 1.54) is 0 Å². The molecule has 0 aliphatic carbocycles. The maximum Gasteiger partial charge on any atom is 0.0611 e. The van der Waals surface area contributed by atoms with Gasteiger partial charge in [-0.1, -0.05) is 6.92 Å². The van der Waals surface area contributed by atoms with Crippen molar-refractivity contribution in [1.29, 1.82) is 0 Å². The molecule has 1 atom stereocenters. The molecular formula is C13H30N2O2. The van der Waals surface area contributed by atoms with E-state index >= 15 is 0 Å². The van der Waals surface area contributed by atoms with E-state index in [0.29, 0.717) is 6.04 Å². The largest absolute Gasteiger partial charge is 0.394 e. The summed E-state index contributed by atoms with van der Waals surface area (Å²) in [6.45, 7) is 9.22. The second-order valence-electron chi connectivity index (χ2n) is 5.10. The summed E-state index contributed by atoms with van der Waals surface area (Å²) in [7, 11) is 1.73. The summed E-state index contributed by atoms with van der Waals surface area (Å²) in [5.41, 5.74) is 5.67. The fourth-order valence-electron chi connectivity index (χ4n) is 1.84. The zero-order valence-corrected chi connectivity index (χ0v) is 11.9. The van der Waals surface area contributed by atoms with Crippen LogP contribution in [-0.4, -0.2) is 55.0 Å². The van der Waals surface area contributed by atoms with Gasteiger partial charge in [0.2, 0.25) is 0 Å². The highest BCUT2D eigenvalue weighted by atomic mass is 16.5. The van der Waals surface area contributed by atoms with Gasteiger partial charge in [0.05, 0.1) is 13.2 Å². The Kier molecular flexibility index (Phi) is 8.78. The van der Waals surface area contributed by atoms with Gasteiger partial charge in [-0.25, -0.2) is 0 Å². The van der Waals surface area contributed by atoms with Crippen LogP contribution in [0.3, 0.4) is 0 Å². The fraction of sp³-hybridized carbons (Fsp3) is 1.00. The maximum absolute atomic E-state index is 9.24. The first-order chi connectivity index (χ1) is 7.99. The molecule has 0 aromatic rings. The van der Waals surface area contributed by atoms with Crippen molar-refractivity contribution in [3.63, 3.8) is 0 Å². The third-order valence-corrected chi connectivity index (χ3v) is 3.45. The summed E-state index contributed by atoms with van der Waals surface area (Å²) in [4.78, 5) is 2.39. The zero-order valence-electron chi connectivity index (χ0n) is 11.9. The quantitative estimate of drug-likeness (QED) is 0.608. The van der Waals surface area contributed by atoms with Gasteiger partial charge in [-0.2, -0.15) is 0 Å². The van der Waals surface area contributed by atoms with E-state index in [9.17, 15) is 5.11 Å². The number of ether oxygens (including phenoxy) is 1. The van der Waals surface area contributed by atoms with Crippen molar-refractivity contribution in [2.75, 3.05) is 33.4 Å². The molecule has 1 unspecified atom stereocenters. The van der Waals surface area contributed by atoms with Crippen LogP contribution in [-0.2, 0) is 4.74 Å². The van der Waals surface area contributed by atoms with Crippen LogP contribution >= 0.6 is 0 Å². The van der Waals surface area contributed by atoms with Crippen molar-refractivity contribution in [2.45, 2.75) is 51.6 Å². The van der Waals surface area contributed by atoms with E-state index in [-0.39, 0.29) is 6.61 Å². The SMILES string of the molecule is CCC(N)(CO)CCCN(CCOC)C(C)C. The fourth-order valence-corrected chi connectivity index (χ4v) is 1.84. The Bertz CT molecular complexity index is 182. The molecule has 17 heavy (non-hydrogen) atoms. The predicted molar refractivity (Wildman–Crippen MR) is 72.1 cm³/mol. The molecule has 0 aromatic heterocycles. The van der Waals surface area contributed by atoms with E-state index in [1.54, 1.807) is 7.11 Å². The Morgan fingerprint density at radius 3 is 2.41 bits per heavy atom. The number of methoxy groups -OCH3 is 1. The Hall–Kier alpha value is -0.160. The minimum Gasteiger partial charge on any atom is -0.394 e. The normalized spacial score (nSPS) is 15.5. The third kappa shape index (κ3) is 6.99. The van der Waals surface area contributed by atoms with Gasteiger partial charge in [0, 0.05) is 25.2 Å². The highest BCUT2D eigenvalue weighted by Crippen LogP contribution is 2.14. The van der Waals surface area contributed by atoms with Crippen LogP contribution in [0.2, 0.25) is 0 Å². The van der Waals surface area contributed by atoms with Crippen molar-refractivity contribution in [3.05, 3.63) is 0 Å². The molecule has 0 aliphatic rings. The number of nitrogens with zero attached hydrogens (tertiary/aromatic N) is 1. The number of hydrogen-bond acceptors (Lipinski definition) is 4. The summed E-state index contributed by atoms with van der Waals surface area (Å²) in [6.07, 6.45) is 2.71. The van der Waals surface area contributed by atoms with Crippen molar-refractivity contribution in [1.82, 2.24) is 4.90 Å². The molecule has 0 aliphatic heterocycles. The molecule has 3 N–H and O–H groups in total. The van der Waals surface area contributed by atoms with E-state index in [0.717, 1.165) is 39.0 Å². The highest BCUT2D eigenvalue weighted by molar-refractivity contribution is 4.82. The average molecular weight is 246 g/mol. The molecule has 0 saturated carbocycles. The van der Waals surface area contributed by atoms with Gasteiger partial charge in [0.25, 0.3) is 0 Å². The lowest BCUT2D eigenvalue weighted by molar-refractivity contribution is 0.121. The number of rotatable bonds is 10. The second-order valence-corrected chi connectivity index (χ2v) is 5.10. The van der Waals surface area contributed by atoms with Gasteiger partial charge in [-0.3, -0.25) is 4.90 Å². The Morgan fingerprint density at radius 2 is 2.00 bits per heavy atom. The molecule has 0 radical (unpaired) electrons. The summed E-state index contributed by atoms with van der Waals surface area (Å²) < 4.78 is 5.11. The predicted octanol–water partition coefficient (Wildman–Crippen LogP) is 1.22. The van der Waals surface area contributed by atoms with Gasteiger partial charge in [0.1, 0.15) is 0 Å². The number of hydrogen-bond donors (Lipinski definition) is 2. The summed E-state index contributed by atoms with van der Waals surface area (Å²) >= 11 is 0. The first kappa shape index (κ1) is 16.8. The number of aliphatic hydroxyl groups excluding tert-OH is 1. The van der Waals surface area contributed by atoms with Crippen LogP contribution in [0, 0.1) is 0 Å². The topological polar surface area (TPSA) is 58.7 Å². The van der Waals surface area contributed by atoms with Crippen molar-refractivity contribution < 1.29 is 9.84 Å². The minimum absolute atomic E-state index is 0.0727. The Balaban J connectivity index is 3.96. The molecule has 104 valence electrons. The average Bonchev–Trinajstić information content (AvgIpc) is 2.32. The number of nitrogens with two attached hydrogens (primary N) is 1. The summed E-state index contributed by atoms with van der Waals surface area (Å²) in [5.74, 6) is 0. The first-order valence-corrected chi connectivity index (χ1v) is 6.61. The zero-order chi connectivity index (χ0) is 13.3. The van der Waals surface area contributed by atoms with E-state index in [1.807, 2.05) is 6.92 Å². The maximum atomic E-state index is 9.24. The molecule has 0 heterocycles. The molecule has 0 rings (SSSR count). The Labute approximate surface area is 106 Å². The van der Waals surface area contributed by atoms with Gasteiger partial charge in [-0.15, -0.1) is 0 Å². The van der Waals surface area contributed by atoms with Crippen LogP contribution in [0.25, 0.3) is 0 Å². The molecular weight excluding hydrogens is 216 g/mol. The lowest BCUT2D eigenvalue weighted by atomic mass is 9.92.